The Kier molecular flexibility index (Phi) is 4.16. The van der Waals surface area contributed by atoms with Crippen molar-refractivity contribution in [3.63, 3.8) is 0 Å². The lowest BCUT2D eigenvalue weighted by molar-refractivity contribution is -0.131. The molecule has 0 aliphatic heterocycles. The molecule has 2 rings (SSSR count). The molecule has 0 atom stereocenters. The summed E-state index contributed by atoms with van der Waals surface area (Å²) in [6, 6.07) is 4.86. The van der Waals surface area contributed by atoms with Crippen LogP contribution in [0.5, 0.6) is 17.2 Å². The highest BCUT2D eigenvalue weighted by Crippen LogP contribution is 2.35. The van der Waals surface area contributed by atoms with Gasteiger partial charge in [-0.1, -0.05) is 0 Å². The Bertz CT molecular complexity index is 729. The maximum atomic E-state index is 12.0. The number of hydrogen-bond donors (Lipinski definition) is 0. The van der Waals surface area contributed by atoms with Crippen LogP contribution in [0.2, 0.25) is 0 Å². The largest absolute Gasteiger partial charge is 0.497 e. The molecule has 0 radical (unpaired) electrons. The summed E-state index contributed by atoms with van der Waals surface area (Å²) in [7, 11) is 1.50. The minimum atomic E-state index is -0.708. The van der Waals surface area contributed by atoms with E-state index in [1.54, 1.807) is 32.0 Å². The van der Waals surface area contributed by atoms with Crippen LogP contribution < -0.4 is 19.8 Å². The molecule has 0 bridgehead atoms. The van der Waals surface area contributed by atoms with Crippen molar-refractivity contribution in [2.45, 2.75) is 26.9 Å². The summed E-state index contributed by atoms with van der Waals surface area (Å²) in [5.41, 5.74) is -0.451. The average molecular weight is 292 g/mol. The van der Waals surface area contributed by atoms with Crippen molar-refractivity contribution in [3.8, 4) is 17.2 Å². The monoisotopic (exact) mass is 292 g/mol. The van der Waals surface area contributed by atoms with Crippen molar-refractivity contribution < 1.29 is 23.4 Å². The molecule has 2 aromatic rings. The Labute approximate surface area is 121 Å². The van der Waals surface area contributed by atoms with Crippen molar-refractivity contribution in [2.24, 2.45) is 0 Å². The third-order valence-electron chi connectivity index (χ3n) is 2.63. The first-order valence-electron chi connectivity index (χ1n) is 6.42. The second kappa shape index (κ2) is 5.87. The van der Waals surface area contributed by atoms with E-state index in [2.05, 4.69) is 0 Å². The molecule has 0 aliphatic carbocycles. The van der Waals surface area contributed by atoms with Gasteiger partial charge >= 0.3 is 11.6 Å². The summed E-state index contributed by atoms with van der Waals surface area (Å²) in [5, 5.41) is 0.459. The van der Waals surface area contributed by atoms with E-state index < -0.39 is 11.6 Å². The van der Waals surface area contributed by atoms with Gasteiger partial charge < -0.3 is 18.6 Å². The van der Waals surface area contributed by atoms with E-state index in [1.165, 1.54) is 14.0 Å². The number of carbonyl (C=O) groups excluding carboxylic acids is 1. The highest BCUT2D eigenvalue weighted by Gasteiger charge is 2.20. The van der Waals surface area contributed by atoms with Crippen LogP contribution in [0.1, 0.15) is 20.8 Å². The highest BCUT2D eigenvalue weighted by atomic mass is 16.6. The van der Waals surface area contributed by atoms with Crippen molar-refractivity contribution in [1.82, 2.24) is 0 Å². The molecule has 0 N–H and O–H groups in total. The van der Waals surface area contributed by atoms with Crippen LogP contribution in [0.3, 0.4) is 0 Å². The van der Waals surface area contributed by atoms with Crippen LogP contribution in [-0.4, -0.2) is 19.2 Å². The Morgan fingerprint density at radius 3 is 2.52 bits per heavy atom. The molecular formula is C15H16O6. The summed E-state index contributed by atoms with van der Waals surface area (Å²) in [6.07, 6.45) is -0.266. The smallest absolute Gasteiger partial charge is 0.383 e. The third-order valence-corrected chi connectivity index (χ3v) is 2.63. The molecule has 21 heavy (non-hydrogen) atoms. The van der Waals surface area contributed by atoms with Crippen LogP contribution in [0.15, 0.2) is 27.4 Å². The van der Waals surface area contributed by atoms with E-state index in [4.69, 9.17) is 18.6 Å². The molecule has 0 saturated carbocycles. The fraction of sp³-hybridized carbons (Fsp3) is 0.333. The maximum absolute atomic E-state index is 12.0. The van der Waals surface area contributed by atoms with Crippen molar-refractivity contribution >= 4 is 16.9 Å². The van der Waals surface area contributed by atoms with Crippen LogP contribution in [0.25, 0.3) is 11.0 Å². The van der Waals surface area contributed by atoms with Gasteiger partial charge in [-0.25, -0.2) is 4.79 Å². The van der Waals surface area contributed by atoms with E-state index in [0.29, 0.717) is 11.1 Å². The van der Waals surface area contributed by atoms with Gasteiger partial charge in [-0.2, -0.15) is 0 Å². The zero-order valence-corrected chi connectivity index (χ0v) is 12.3. The quantitative estimate of drug-likeness (QED) is 0.636. The van der Waals surface area contributed by atoms with Gasteiger partial charge in [0.2, 0.25) is 5.75 Å². The lowest BCUT2D eigenvalue weighted by atomic mass is 10.2. The number of benzene rings is 1. The molecule has 0 unspecified atom stereocenters. The van der Waals surface area contributed by atoms with Crippen LogP contribution in [0, 0.1) is 0 Å². The standard InChI is InChI=1S/C15H16O6/c1-8(2)19-14-13(20-9(3)16)11-6-5-10(18-4)7-12(11)21-15(14)17/h5-8H,1-4H3. The van der Waals surface area contributed by atoms with Crippen LogP contribution in [-0.2, 0) is 4.79 Å². The molecular weight excluding hydrogens is 276 g/mol. The topological polar surface area (TPSA) is 75.0 Å². The summed E-state index contributed by atoms with van der Waals surface area (Å²) >= 11 is 0. The van der Waals surface area contributed by atoms with Gasteiger partial charge in [0.05, 0.1) is 18.6 Å². The SMILES string of the molecule is COc1ccc2c(OC(C)=O)c(OC(C)C)c(=O)oc2c1. The molecule has 0 fully saturated rings. The molecule has 6 heteroatoms. The van der Waals surface area contributed by atoms with E-state index in [-0.39, 0.29) is 23.2 Å². The average Bonchev–Trinajstić information content (AvgIpc) is 2.41. The van der Waals surface area contributed by atoms with Gasteiger partial charge in [0.1, 0.15) is 11.3 Å². The molecule has 1 aromatic carbocycles. The Morgan fingerprint density at radius 1 is 1.24 bits per heavy atom. The predicted molar refractivity (Wildman–Crippen MR) is 76.1 cm³/mol. The van der Waals surface area contributed by atoms with Crippen LogP contribution >= 0.6 is 0 Å². The zero-order valence-electron chi connectivity index (χ0n) is 12.3. The van der Waals surface area contributed by atoms with Gasteiger partial charge in [-0.3, -0.25) is 4.79 Å². The summed E-state index contributed by atoms with van der Waals surface area (Å²) in [6.45, 7) is 4.77. The minimum absolute atomic E-state index is 0.0603. The highest BCUT2D eigenvalue weighted by molar-refractivity contribution is 5.89. The summed E-state index contributed by atoms with van der Waals surface area (Å²) in [5.74, 6) is -0.0775. The lowest BCUT2D eigenvalue weighted by Crippen LogP contribution is -2.16. The molecule has 112 valence electrons. The predicted octanol–water partition coefficient (Wildman–Crippen LogP) is 2.51. The van der Waals surface area contributed by atoms with E-state index in [1.807, 2.05) is 0 Å². The number of esters is 1. The Balaban J connectivity index is 2.74. The number of methoxy groups -OCH3 is 1. The third kappa shape index (κ3) is 3.16. The Morgan fingerprint density at radius 2 is 1.95 bits per heavy atom. The maximum Gasteiger partial charge on any atom is 0.383 e. The molecule has 1 aromatic heterocycles. The van der Waals surface area contributed by atoms with Crippen molar-refractivity contribution in [1.29, 1.82) is 0 Å². The normalized spacial score (nSPS) is 10.7. The zero-order chi connectivity index (χ0) is 15.6. The van der Waals surface area contributed by atoms with Crippen LogP contribution in [0.4, 0.5) is 0 Å². The first-order valence-corrected chi connectivity index (χ1v) is 6.42. The number of fused-ring (bicyclic) bond motifs is 1. The fourth-order valence-corrected chi connectivity index (χ4v) is 1.85. The first kappa shape index (κ1) is 14.9. The van der Waals surface area contributed by atoms with Gasteiger partial charge in [0.25, 0.3) is 0 Å². The molecule has 0 amide bonds. The lowest BCUT2D eigenvalue weighted by Gasteiger charge is -2.14. The number of hydrogen-bond acceptors (Lipinski definition) is 6. The second-order valence-electron chi connectivity index (χ2n) is 4.67. The molecule has 0 spiro atoms. The molecule has 0 saturated heterocycles. The summed E-state index contributed by atoms with van der Waals surface area (Å²) in [4.78, 5) is 23.3. The van der Waals surface area contributed by atoms with Gasteiger partial charge in [-0.15, -0.1) is 0 Å². The van der Waals surface area contributed by atoms with Gasteiger partial charge in [0.15, 0.2) is 5.75 Å². The molecule has 6 nitrogen and oxygen atoms in total. The number of rotatable bonds is 4. The van der Waals surface area contributed by atoms with Crippen molar-refractivity contribution in [2.75, 3.05) is 7.11 Å². The Hall–Kier alpha value is -2.50. The fourth-order valence-electron chi connectivity index (χ4n) is 1.85. The van der Waals surface area contributed by atoms with Gasteiger partial charge in [-0.05, 0) is 26.0 Å². The number of carbonyl (C=O) groups is 1. The number of ether oxygens (including phenoxy) is 3. The van der Waals surface area contributed by atoms with Gasteiger partial charge in [0, 0.05) is 13.0 Å². The summed E-state index contributed by atoms with van der Waals surface area (Å²) < 4.78 is 20.9. The first-order chi connectivity index (χ1) is 9.92. The van der Waals surface area contributed by atoms with E-state index in [0.717, 1.165) is 0 Å². The molecule has 0 aliphatic rings. The molecule has 1 heterocycles. The van der Waals surface area contributed by atoms with E-state index >= 15 is 0 Å². The van der Waals surface area contributed by atoms with Crippen molar-refractivity contribution in [3.05, 3.63) is 28.6 Å². The second-order valence-corrected chi connectivity index (χ2v) is 4.67. The minimum Gasteiger partial charge on any atom is -0.497 e. The van der Waals surface area contributed by atoms with E-state index in [9.17, 15) is 9.59 Å².